The second-order valence-corrected chi connectivity index (χ2v) is 5.39. The summed E-state index contributed by atoms with van der Waals surface area (Å²) in [4.78, 5) is 13.4. The van der Waals surface area contributed by atoms with Gasteiger partial charge in [-0.25, -0.2) is 4.79 Å². The molecule has 1 N–H and O–H groups in total. The number of methoxy groups -OCH3 is 1. The highest BCUT2D eigenvalue weighted by Crippen LogP contribution is 2.19. The minimum Gasteiger partial charge on any atom is -0.491 e. The minimum absolute atomic E-state index is 0.219. The van der Waals surface area contributed by atoms with Gasteiger partial charge in [-0.3, -0.25) is 4.90 Å². The number of aromatic carboxylic acids is 1. The van der Waals surface area contributed by atoms with Gasteiger partial charge in [-0.2, -0.15) is 0 Å². The summed E-state index contributed by atoms with van der Waals surface area (Å²) in [5.41, 5.74) is 0.219. The summed E-state index contributed by atoms with van der Waals surface area (Å²) in [6.07, 6.45) is 2.30. The van der Waals surface area contributed by atoms with E-state index < -0.39 is 5.97 Å². The molecule has 0 aliphatic carbocycles. The Bertz CT molecular complexity index is 455. The van der Waals surface area contributed by atoms with E-state index in [0.717, 1.165) is 39.1 Å². The highest BCUT2D eigenvalue weighted by atomic mass is 16.5. The van der Waals surface area contributed by atoms with Crippen LogP contribution in [0.4, 0.5) is 0 Å². The zero-order valence-electron chi connectivity index (χ0n) is 12.5. The summed E-state index contributed by atoms with van der Waals surface area (Å²) >= 11 is 0. The molecule has 0 amide bonds. The van der Waals surface area contributed by atoms with Crippen molar-refractivity contribution in [3.63, 3.8) is 0 Å². The number of para-hydroxylation sites is 1. The quantitative estimate of drug-likeness (QED) is 0.834. The van der Waals surface area contributed by atoms with Crippen LogP contribution in [-0.2, 0) is 4.74 Å². The number of rotatable bonds is 7. The summed E-state index contributed by atoms with van der Waals surface area (Å²) in [5.74, 6) is 0.158. The van der Waals surface area contributed by atoms with Crippen LogP contribution in [0.5, 0.6) is 5.75 Å². The van der Waals surface area contributed by atoms with Crippen molar-refractivity contribution in [1.82, 2.24) is 4.90 Å². The van der Waals surface area contributed by atoms with Gasteiger partial charge in [0.25, 0.3) is 0 Å². The summed E-state index contributed by atoms with van der Waals surface area (Å²) in [5, 5.41) is 9.09. The summed E-state index contributed by atoms with van der Waals surface area (Å²) < 4.78 is 10.8. The van der Waals surface area contributed by atoms with Gasteiger partial charge in [0.15, 0.2) is 0 Å². The first-order valence-corrected chi connectivity index (χ1v) is 7.37. The molecule has 5 heteroatoms. The van der Waals surface area contributed by atoms with Crippen molar-refractivity contribution in [2.24, 2.45) is 5.92 Å². The number of carboxylic acids is 1. The van der Waals surface area contributed by atoms with Crippen molar-refractivity contribution in [1.29, 1.82) is 0 Å². The Morgan fingerprint density at radius 3 is 2.71 bits per heavy atom. The highest BCUT2D eigenvalue weighted by Gasteiger charge is 2.19. The smallest absolute Gasteiger partial charge is 0.339 e. The van der Waals surface area contributed by atoms with E-state index in [2.05, 4.69) is 4.90 Å². The van der Waals surface area contributed by atoms with Gasteiger partial charge in [-0.05, 0) is 44.0 Å². The van der Waals surface area contributed by atoms with Crippen LogP contribution in [-0.4, -0.2) is 55.9 Å². The van der Waals surface area contributed by atoms with Gasteiger partial charge in [0.2, 0.25) is 0 Å². The maximum atomic E-state index is 11.1. The van der Waals surface area contributed by atoms with Gasteiger partial charge in [-0.15, -0.1) is 0 Å². The van der Waals surface area contributed by atoms with Crippen LogP contribution < -0.4 is 4.74 Å². The fourth-order valence-electron chi connectivity index (χ4n) is 2.67. The summed E-state index contributed by atoms with van der Waals surface area (Å²) in [7, 11) is 1.75. The van der Waals surface area contributed by atoms with Crippen molar-refractivity contribution in [3.05, 3.63) is 29.8 Å². The zero-order chi connectivity index (χ0) is 15.1. The Morgan fingerprint density at radius 2 is 2.05 bits per heavy atom. The lowest BCUT2D eigenvalue weighted by atomic mass is 9.98. The van der Waals surface area contributed by atoms with E-state index in [4.69, 9.17) is 14.6 Å². The molecule has 5 nitrogen and oxygen atoms in total. The zero-order valence-corrected chi connectivity index (χ0v) is 12.5. The lowest BCUT2D eigenvalue weighted by Gasteiger charge is -2.31. The van der Waals surface area contributed by atoms with Crippen molar-refractivity contribution in [2.75, 3.05) is 40.0 Å². The molecule has 2 rings (SSSR count). The molecular weight excluding hydrogens is 270 g/mol. The normalized spacial score (nSPS) is 16.8. The average Bonchev–Trinajstić information content (AvgIpc) is 2.50. The number of ether oxygens (including phenoxy) is 2. The molecule has 1 aliphatic rings. The van der Waals surface area contributed by atoms with Gasteiger partial charge in [0.05, 0.1) is 0 Å². The number of nitrogens with zero attached hydrogens (tertiary/aromatic N) is 1. The Hall–Kier alpha value is -1.59. The number of carbonyl (C=O) groups is 1. The lowest BCUT2D eigenvalue weighted by molar-refractivity contribution is 0.0690. The van der Waals surface area contributed by atoms with Crippen LogP contribution >= 0.6 is 0 Å². The molecule has 116 valence electrons. The maximum Gasteiger partial charge on any atom is 0.339 e. The average molecular weight is 293 g/mol. The number of hydrogen-bond acceptors (Lipinski definition) is 4. The lowest BCUT2D eigenvalue weighted by Crippen LogP contribution is -2.37. The molecule has 1 aromatic carbocycles. The van der Waals surface area contributed by atoms with Crippen LogP contribution in [0, 0.1) is 5.92 Å². The van der Waals surface area contributed by atoms with Crippen LogP contribution in [0.2, 0.25) is 0 Å². The molecule has 0 aromatic heterocycles. The number of piperidine rings is 1. The maximum absolute atomic E-state index is 11.1. The van der Waals surface area contributed by atoms with Gasteiger partial charge in [0.1, 0.15) is 17.9 Å². The minimum atomic E-state index is -0.953. The molecule has 1 aromatic rings. The molecule has 0 bridgehead atoms. The topological polar surface area (TPSA) is 59.0 Å². The molecule has 21 heavy (non-hydrogen) atoms. The Kier molecular flexibility index (Phi) is 6.02. The van der Waals surface area contributed by atoms with Gasteiger partial charge in [-0.1, -0.05) is 12.1 Å². The monoisotopic (exact) mass is 293 g/mol. The predicted molar refractivity (Wildman–Crippen MR) is 79.9 cm³/mol. The molecule has 1 saturated heterocycles. The Labute approximate surface area is 125 Å². The Morgan fingerprint density at radius 1 is 1.33 bits per heavy atom. The molecule has 1 aliphatic heterocycles. The number of benzene rings is 1. The number of hydrogen-bond donors (Lipinski definition) is 1. The fourth-order valence-corrected chi connectivity index (χ4v) is 2.67. The molecule has 1 fully saturated rings. The van der Waals surface area contributed by atoms with Crippen LogP contribution in [0.15, 0.2) is 24.3 Å². The van der Waals surface area contributed by atoms with E-state index in [-0.39, 0.29) is 5.56 Å². The molecule has 0 atom stereocenters. The standard InChI is InChI=1S/C16H23NO4/c1-20-12-13-6-8-17(9-7-13)10-11-21-15-5-3-2-4-14(15)16(18)19/h2-5,13H,6-12H2,1H3,(H,18,19). The fraction of sp³-hybridized carbons (Fsp3) is 0.562. The third-order valence-electron chi connectivity index (χ3n) is 3.89. The molecule has 1 heterocycles. The van der Waals surface area contributed by atoms with Crippen molar-refractivity contribution >= 4 is 5.97 Å². The van der Waals surface area contributed by atoms with Crippen molar-refractivity contribution in [2.45, 2.75) is 12.8 Å². The number of likely N-dealkylation sites (tertiary alicyclic amines) is 1. The van der Waals surface area contributed by atoms with Crippen molar-refractivity contribution < 1.29 is 19.4 Å². The van der Waals surface area contributed by atoms with Crippen LogP contribution in [0.3, 0.4) is 0 Å². The van der Waals surface area contributed by atoms with E-state index in [1.165, 1.54) is 0 Å². The second kappa shape index (κ2) is 8.00. The van der Waals surface area contributed by atoms with E-state index in [9.17, 15) is 4.79 Å². The molecule has 0 spiro atoms. The SMILES string of the molecule is COCC1CCN(CCOc2ccccc2C(=O)O)CC1. The van der Waals surface area contributed by atoms with Crippen molar-refractivity contribution in [3.8, 4) is 5.75 Å². The first-order chi connectivity index (χ1) is 10.2. The van der Waals surface area contributed by atoms with Gasteiger partial charge in [0, 0.05) is 20.3 Å². The third kappa shape index (κ3) is 4.72. The van der Waals surface area contributed by atoms with Gasteiger partial charge < -0.3 is 14.6 Å². The van der Waals surface area contributed by atoms with Gasteiger partial charge >= 0.3 is 5.97 Å². The van der Waals surface area contributed by atoms with E-state index in [1.54, 1.807) is 31.4 Å². The Balaban J connectivity index is 1.74. The summed E-state index contributed by atoms with van der Waals surface area (Å²) in [6, 6.07) is 6.76. The van der Waals surface area contributed by atoms with Crippen LogP contribution in [0.25, 0.3) is 0 Å². The van der Waals surface area contributed by atoms with E-state index in [1.807, 2.05) is 0 Å². The molecule has 0 radical (unpaired) electrons. The molecule has 0 saturated carbocycles. The summed E-state index contributed by atoms with van der Waals surface area (Å²) in [6.45, 7) is 4.29. The van der Waals surface area contributed by atoms with E-state index >= 15 is 0 Å². The second-order valence-electron chi connectivity index (χ2n) is 5.39. The first-order valence-electron chi connectivity index (χ1n) is 7.37. The molecule has 0 unspecified atom stereocenters. The molecular formula is C16H23NO4. The first kappa shape index (κ1) is 15.8. The van der Waals surface area contributed by atoms with Crippen LogP contribution in [0.1, 0.15) is 23.2 Å². The van der Waals surface area contributed by atoms with E-state index in [0.29, 0.717) is 18.3 Å². The predicted octanol–water partition coefficient (Wildman–Crippen LogP) is 2.12. The number of carboxylic acid groups (broad SMARTS) is 1. The largest absolute Gasteiger partial charge is 0.491 e. The third-order valence-corrected chi connectivity index (χ3v) is 3.89. The highest BCUT2D eigenvalue weighted by molar-refractivity contribution is 5.90.